The van der Waals surface area contributed by atoms with Crippen LogP contribution in [0.4, 0.5) is 17.5 Å². The minimum Gasteiger partial charge on any atom is -0.354 e. The Balaban J connectivity index is 1.41. The van der Waals surface area contributed by atoms with Crippen LogP contribution in [0.15, 0.2) is 30.5 Å². The Hall–Kier alpha value is -3.07. The van der Waals surface area contributed by atoms with Gasteiger partial charge in [-0.15, -0.1) is 5.10 Å². The van der Waals surface area contributed by atoms with E-state index in [-0.39, 0.29) is 0 Å². The minimum absolute atomic E-state index is 0.611. The summed E-state index contributed by atoms with van der Waals surface area (Å²) in [6, 6.07) is 8.53. The van der Waals surface area contributed by atoms with Crippen LogP contribution in [0.25, 0.3) is 17.1 Å². The van der Waals surface area contributed by atoms with Crippen LogP contribution in [0.3, 0.4) is 0 Å². The lowest BCUT2D eigenvalue weighted by Gasteiger charge is -2.19. The number of nitrogens with one attached hydrogen (secondary N) is 2. The largest absolute Gasteiger partial charge is 0.354 e. The molecule has 1 saturated heterocycles. The molecule has 1 atom stereocenters. The molecule has 0 radical (unpaired) electrons. The van der Waals surface area contributed by atoms with Crippen molar-refractivity contribution >= 4 is 17.5 Å². The van der Waals surface area contributed by atoms with Gasteiger partial charge in [0.1, 0.15) is 5.82 Å². The molecule has 1 aromatic carbocycles. The molecule has 9 nitrogen and oxygen atoms in total. The Kier molecular flexibility index (Phi) is 3.93. The van der Waals surface area contributed by atoms with Gasteiger partial charge in [-0.1, -0.05) is 12.1 Å². The van der Waals surface area contributed by atoms with Crippen molar-refractivity contribution in [2.75, 3.05) is 30.8 Å². The van der Waals surface area contributed by atoms with Gasteiger partial charge in [-0.3, -0.25) is 0 Å². The van der Waals surface area contributed by atoms with Gasteiger partial charge in [-0.2, -0.15) is 9.67 Å². The first-order chi connectivity index (χ1) is 13.3. The maximum atomic E-state index is 4.68. The topological polar surface area (TPSA) is 96.7 Å². The standard InChI is InChI=1S/C18H21N9/c1-26-10-4-5-12(26)8-9-19-18-20-11-13-16(22-18)21-14-6-2-3-7-15(14)27-17(13)23-24-25-27/h2-3,6-7,11-12H,4-5,8-10H2,1H3,(H2,19,20,21,22). The Labute approximate surface area is 156 Å². The van der Waals surface area contributed by atoms with Gasteiger partial charge in [0.25, 0.3) is 0 Å². The van der Waals surface area contributed by atoms with E-state index in [0.717, 1.165) is 29.9 Å². The predicted octanol–water partition coefficient (Wildman–Crippen LogP) is 2.07. The van der Waals surface area contributed by atoms with E-state index < -0.39 is 0 Å². The SMILES string of the molecule is CN1CCCC1CCNc1ncc2c(n1)Nc1ccccc1-n1nnnc1-2. The Morgan fingerprint density at radius 2 is 2.22 bits per heavy atom. The number of tetrazole rings is 1. The highest BCUT2D eigenvalue weighted by Gasteiger charge is 2.23. The van der Waals surface area contributed by atoms with Crippen LogP contribution in [-0.4, -0.2) is 61.3 Å². The van der Waals surface area contributed by atoms with Crippen molar-refractivity contribution in [3.8, 4) is 17.1 Å². The average molecular weight is 363 g/mol. The van der Waals surface area contributed by atoms with Gasteiger partial charge in [0, 0.05) is 18.8 Å². The van der Waals surface area contributed by atoms with E-state index in [1.165, 1.54) is 19.4 Å². The third-order valence-corrected chi connectivity index (χ3v) is 5.32. The van der Waals surface area contributed by atoms with Crippen LogP contribution in [0.5, 0.6) is 0 Å². The zero-order chi connectivity index (χ0) is 18.2. The number of rotatable bonds is 4. The van der Waals surface area contributed by atoms with Crippen molar-refractivity contribution in [2.24, 2.45) is 0 Å². The quantitative estimate of drug-likeness (QED) is 0.569. The lowest BCUT2D eigenvalue weighted by Crippen LogP contribution is -2.27. The molecule has 2 aliphatic heterocycles. The highest BCUT2D eigenvalue weighted by molar-refractivity contribution is 5.81. The summed E-state index contributed by atoms with van der Waals surface area (Å²) in [4.78, 5) is 11.6. The molecule has 3 aromatic rings. The molecule has 0 amide bonds. The second-order valence-electron chi connectivity index (χ2n) is 7.00. The van der Waals surface area contributed by atoms with Crippen LogP contribution in [0.2, 0.25) is 0 Å². The van der Waals surface area contributed by atoms with Gasteiger partial charge >= 0.3 is 0 Å². The first-order valence-electron chi connectivity index (χ1n) is 9.26. The second kappa shape index (κ2) is 6.58. The molecule has 1 fully saturated rings. The van der Waals surface area contributed by atoms with Crippen molar-refractivity contribution in [3.63, 3.8) is 0 Å². The van der Waals surface area contributed by atoms with E-state index in [4.69, 9.17) is 0 Å². The Morgan fingerprint density at radius 3 is 3.11 bits per heavy atom. The molecule has 27 heavy (non-hydrogen) atoms. The summed E-state index contributed by atoms with van der Waals surface area (Å²) in [7, 11) is 2.20. The van der Waals surface area contributed by atoms with Crippen LogP contribution < -0.4 is 10.6 Å². The lowest BCUT2D eigenvalue weighted by molar-refractivity contribution is 0.301. The van der Waals surface area contributed by atoms with Gasteiger partial charge in [-0.25, -0.2) is 4.98 Å². The summed E-state index contributed by atoms with van der Waals surface area (Å²) < 4.78 is 1.71. The number of para-hydroxylation sites is 2. The number of likely N-dealkylation sites (tertiary alicyclic amines) is 1. The number of fused-ring (bicyclic) bond motifs is 5. The number of benzene rings is 1. The van der Waals surface area contributed by atoms with Crippen LogP contribution in [0.1, 0.15) is 19.3 Å². The molecule has 0 aliphatic carbocycles. The van der Waals surface area contributed by atoms with Gasteiger partial charge in [0.2, 0.25) is 5.95 Å². The van der Waals surface area contributed by atoms with Crippen LogP contribution in [-0.2, 0) is 0 Å². The van der Waals surface area contributed by atoms with E-state index in [1.54, 1.807) is 10.9 Å². The molecule has 0 spiro atoms. The summed E-state index contributed by atoms with van der Waals surface area (Å²) in [5.74, 6) is 1.94. The smallest absolute Gasteiger partial charge is 0.224 e. The average Bonchev–Trinajstić information content (AvgIpc) is 3.29. The van der Waals surface area contributed by atoms with Crippen molar-refractivity contribution in [1.82, 2.24) is 35.1 Å². The first kappa shape index (κ1) is 16.1. The molecule has 5 rings (SSSR count). The van der Waals surface area contributed by atoms with Gasteiger partial charge in [0.05, 0.1) is 16.9 Å². The maximum Gasteiger partial charge on any atom is 0.224 e. The van der Waals surface area contributed by atoms with Crippen LogP contribution in [0, 0.1) is 0 Å². The molecular weight excluding hydrogens is 342 g/mol. The minimum atomic E-state index is 0.611. The normalized spacial score (nSPS) is 18.2. The molecule has 4 heterocycles. The predicted molar refractivity (Wildman–Crippen MR) is 102 cm³/mol. The summed E-state index contributed by atoms with van der Waals surface area (Å²) in [6.45, 7) is 2.04. The van der Waals surface area contributed by atoms with E-state index >= 15 is 0 Å². The zero-order valence-electron chi connectivity index (χ0n) is 15.1. The fourth-order valence-electron chi connectivity index (χ4n) is 3.83. The first-order valence-corrected chi connectivity index (χ1v) is 9.26. The molecule has 2 aromatic heterocycles. The second-order valence-corrected chi connectivity index (χ2v) is 7.00. The summed E-state index contributed by atoms with van der Waals surface area (Å²) in [5.41, 5.74) is 2.56. The summed E-state index contributed by atoms with van der Waals surface area (Å²) >= 11 is 0. The molecule has 0 bridgehead atoms. The van der Waals surface area contributed by atoms with Gasteiger partial charge in [-0.05, 0) is 55.4 Å². The van der Waals surface area contributed by atoms with Crippen molar-refractivity contribution in [1.29, 1.82) is 0 Å². The molecule has 0 saturated carbocycles. The van der Waals surface area contributed by atoms with Crippen molar-refractivity contribution < 1.29 is 0 Å². The van der Waals surface area contributed by atoms with Gasteiger partial charge < -0.3 is 15.5 Å². The van der Waals surface area contributed by atoms with E-state index in [2.05, 4.69) is 48.1 Å². The Morgan fingerprint density at radius 1 is 1.30 bits per heavy atom. The third-order valence-electron chi connectivity index (χ3n) is 5.32. The third kappa shape index (κ3) is 2.89. The number of aromatic nitrogens is 6. The molecule has 2 N–H and O–H groups in total. The fourth-order valence-corrected chi connectivity index (χ4v) is 3.83. The number of anilines is 3. The van der Waals surface area contributed by atoms with Crippen LogP contribution >= 0.6 is 0 Å². The summed E-state index contributed by atoms with van der Waals surface area (Å²) in [6.07, 6.45) is 5.41. The van der Waals surface area contributed by atoms with E-state index in [0.29, 0.717) is 23.6 Å². The molecule has 1 unspecified atom stereocenters. The number of hydrogen-bond acceptors (Lipinski definition) is 8. The monoisotopic (exact) mass is 363 g/mol. The fraction of sp³-hybridized carbons (Fsp3) is 0.389. The van der Waals surface area contributed by atoms with Crippen molar-refractivity contribution in [3.05, 3.63) is 30.5 Å². The van der Waals surface area contributed by atoms with E-state index in [1.807, 2.05) is 24.3 Å². The lowest BCUT2D eigenvalue weighted by atomic mass is 10.1. The number of hydrogen-bond donors (Lipinski definition) is 2. The highest BCUT2D eigenvalue weighted by Crippen LogP contribution is 2.35. The van der Waals surface area contributed by atoms with Crippen molar-refractivity contribution in [2.45, 2.75) is 25.3 Å². The molecule has 138 valence electrons. The highest BCUT2D eigenvalue weighted by atomic mass is 15.5. The molecular formula is C18H21N9. The summed E-state index contributed by atoms with van der Waals surface area (Å²) in [5, 5.41) is 18.9. The van der Waals surface area contributed by atoms with Gasteiger partial charge in [0.15, 0.2) is 5.82 Å². The maximum absolute atomic E-state index is 4.68. The molecule has 9 heteroatoms. The van der Waals surface area contributed by atoms with E-state index in [9.17, 15) is 0 Å². The molecule has 2 aliphatic rings. The zero-order valence-corrected chi connectivity index (χ0v) is 15.1. The Bertz CT molecular complexity index is 967. The number of nitrogens with zero attached hydrogens (tertiary/aromatic N) is 7.